The molecule has 23 heavy (non-hydrogen) atoms. The molecule has 0 spiro atoms. The lowest BCUT2D eigenvalue weighted by Gasteiger charge is -2.04. The number of halogens is 1. The Balaban J connectivity index is 1.66. The molecule has 1 N–H and O–H groups in total. The van der Waals surface area contributed by atoms with E-state index in [1.165, 1.54) is 12.3 Å². The van der Waals surface area contributed by atoms with E-state index in [-0.39, 0.29) is 11.7 Å². The molecule has 0 aliphatic carbocycles. The van der Waals surface area contributed by atoms with E-state index in [0.29, 0.717) is 11.1 Å². The number of rotatable bonds is 4. The first-order valence-corrected chi connectivity index (χ1v) is 7.05. The van der Waals surface area contributed by atoms with Crippen molar-refractivity contribution in [3.8, 4) is 5.69 Å². The molecule has 0 saturated heterocycles. The fourth-order valence-electron chi connectivity index (χ4n) is 2.10. The van der Waals surface area contributed by atoms with E-state index in [1.54, 1.807) is 30.3 Å². The van der Waals surface area contributed by atoms with E-state index in [9.17, 15) is 9.18 Å². The van der Waals surface area contributed by atoms with Gasteiger partial charge in [0.15, 0.2) is 0 Å². The summed E-state index contributed by atoms with van der Waals surface area (Å²) >= 11 is 0. The Morgan fingerprint density at radius 3 is 2.39 bits per heavy atom. The third kappa shape index (κ3) is 3.52. The maximum atomic E-state index is 13.4. The monoisotopic (exact) mass is 307 g/mol. The largest absolute Gasteiger partial charge is 0.324 e. The number of carbonyl (C=O) groups is 1. The van der Waals surface area contributed by atoms with Gasteiger partial charge in [0.1, 0.15) is 5.82 Å². The van der Waals surface area contributed by atoms with E-state index in [4.69, 9.17) is 0 Å². The average molecular weight is 307 g/mol. The molecule has 0 atom stereocenters. The van der Waals surface area contributed by atoms with Crippen LogP contribution < -0.4 is 5.43 Å². The number of nitrogens with zero attached hydrogens (tertiary/aromatic N) is 2. The number of hydrogen-bond acceptors (Lipinski definition) is 2. The molecule has 0 bridgehead atoms. The number of nitrogens with one attached hydrogen (secondary N) is 1. The summed E-state index contributed by atoms with van der Waals surface area (Å²) in [6, 6.07) is 17.2. The van der Waals surface area contributed by atoms with Gasteiger partial charge in [-0.1, -0.05) is 18.2 Å². The number of aromatic nitrogens is 1. The van der Waals surface area contributed by atoms with Crippen molar-refractivity contribution >= 4 is 12.1 Å². The van der Waals surface area contributed by atoms with Crippen molar-refractivity contribution in [3.05, 3.63) is 90.0 Å². The maximum Gasteiger partial charge on any atom is 0.271 e. The second kappa shape index (κ2) is 6.70. The molecular weight excluding hydrogens is 293 g/mol. The first-order chi connectivity index (χ1) is 11.2. The zero-order chi connectivity index (χ0) is 16.1. The minimum atomic E-state index is -0.387. The molecule has 1 aromatic heterocycles. The molecule has 114 valence electrons. The summed E-state index contributed by atoms with van der Waals surface area (Å²) in [7, 11) is 0. The van der Waals surface area contributed by atoms with Crippen molar-refractivity contribution in [3.63, 3.8) is 0 Å². The lowest BCUT2D eigenvalue weighted by atomic mass is 10.2. The summed E-state index contributed by atoms with van der Waals surface area (Å²) in [4.78, 5) is 12.0. The van der Waals surface area contributed by atoms with Crippen LogP contribution in [-0.4, -0.2) is 16.7 Å². The van der Waals surface area contributed by atoms with Crippen molar-refractivity contribution in [2.75, 3.05) is 0 Å². The number of hydrazone groups is 1. The molecule has 0 radical (unpaired) electrons. The van der Waals surface area contributed by atoms with Crippen LogP contribution in [0.5, 0.6) is 0 Å². The van der Waals surface area contributed by atoms with Crippen LogP contribution >= 0.6 is 0 Å². The van der Waals surface area contributed by atoms with Crippen molar-refractivity contribution in [1.82, 2.24) is 9.99 Å². The molecular formula is C18H14FN3O. The van der Waals surface area contributed by atoms with Crippen LogP contribution in [0.4, 0.5) is 4.39 Å². The summed E-state index contributed by atoms with van der Waals surface area (Å²) in [5, 5.41) is 3.78. The van der Waals surface area contributed by atoms with Gasteiger partial charge in [-0.2, -0.15) is 5.10 Å². The highest BCUT2D eigenvalue weighted by Crippen LogP contribution is 2.10. The summed E-state index contributed by atoms with van der Waals surface area (Å²) in [6.45, 7) is 0. The lowest BCUT2D eigenvalue weighted by molar-refractivity contribution is 0.0955. The highest BCUT2D eigenvalue weighted by molar-refractivity contribution is 5.95. The molecule has 0 aliphatic rings. The standard InChI is InChI=1S/C18H14FN3O/c19-17-6-2-1-5-15(17)13-20-21-18(23)14-7-9-16(10-8-14)22-11-3-4-12-22/h1-13H,(H,21,23)/b20-13+. The quantitative estimate of drug-likeness (QED) is 0.583. The van der Waals surface area contributed by atoms with Crippen LogP contribution in [0.3, 0.4) is 0 Å². The van der Waals surface area contributed by atoms with Gasteiger partial charge in [-0.05, 0) is 42.5 Å². The van der Waals surface area contributed by atoms with Crippen molar-refractivity contribution < 1.29 is 9.18 Å². The molecule has 5 heteroatoms. The van der Waals surface area contributed by atoms with Gasteiger partial charge in [0.2, 0.25) is 0 Å². The van der Waals surface area contributed by atoms with Gasteiger partial charge in [-0.15, -0.1) is 0 Å². The van der Waals surface area contributed by atoms with Crippen LogP contribution in [-0.2, 0) is 0 Å². The minimum absolute atomic E-state index is 0.316. The van der Waals surface area contributed by atoms with Crippen LogP contribution in [0.15, 0.2) is 78.2 Å². The lowest BCUT2D eigenvalue weighted by Crippen LogP contribution is -2.17. The molecule has 3 aromatic rings. The topological polar surface area (TPSA) is 46.4 Å². The Kier molecular flexibility index (Phi) is 4.29. The predicted octanol–water partition coefficient (Wildman–Crippen LogP) is 3.38. The van der Waals surface area contributed by atoms with Gasteiger partial charge in [0.25, 0.3) is 5.91 Å². The van der Waals surface area contributed by atoms with E-state index >= 15 is 0 Å². The van der Waals surface area contributed by atoms with Gasteiger partial charge in [-0.3, -0.25) is 4.79 Å². The summed E-state index contributed by atoms with van der Waals surface area (Å²) < 4.78 is 15.4. The van der Waals surface area contributed by atoms with Gasteiger partial charge in [0.05, 0.1) is 6.21 Å². The third-order valence-corrected chi connectivity index (χ3v) is 3.31. The van der Waals surface area contributed by atoms with Crippen molar-refractivity contribution in [2.24, 2.45) is 5.10 Å². The zero-order valence-corrected chi connectivity index (χ0v) is 12.2. The SMILES string of the molecule is O=C(N/N=C/c1ccccc1F)c1ccc(-n2cccc2)cc1. The highest BCUT2D eigenvalue weighted by Gasteiger charge is 2.04. The minimum Gasteiger partial charge on any atom is -0.324 e. The second-order valence-corrected chi connectivity index (χ2v) is 4.86. The first kappa shape index (κ1) is 14.7. The highest BCUT2D eigenvalue weighted by atomic mass is 19.1. The normalized spacial score (nSPS) is 10.8. The Bertz CT molecular complexity index is 824. The van der Waals surface area contributed by atoms with E-state index in [1.807, 2.05) is 41.2 Å². The van der Waals surface area contributed by atoms with Crippen LogP contribution in [0.2, 0.25) is 0 Å². The molecule has 3 rings (SSSR count). The van der Waals surface area contributed by atoms with E-state index in [0.717, 1.165) is 5.69 Å². The maximum absolute atomic E-state index is 13.4. The molecule has 0 aliphatic heterocycles. The second-order valence-electron chi connectivity index (χ2n) is 4.86. The predicted molar refractivity (Wildman–Crippen MR) is 87.2 cm³/mol. The molecule has 0 unspecified atom stereocenters. The summed E-state index contributed by atoms with van der Waals surface area (Å²) in [5.41, 5.74) is 4.14. The van der Waals surface area contributed by atoms with Crippen LogP contribution in [0.1, 0.15) is 15.9 Å². The third-order valence-electron chi connectivity index (χ3n) is 3.31. The Labute approximate surface area is 132 Å². The fourth-order valence-corrected chi connectivity index (χ4v) is 2.10. The molecule has 0 fully saturated rings. The number of hydrogen-bond donors (Lipinski definition) is 1. The number of amides is 1. The average Bonchev–Trinajstić information content (AvgIpc) is 3.11. The Morgan fingerprint density at radius 2 is 1.70 bits per heavy atom. The zero-order valence-electron chi connectivity index (χ0n) is 12.2. The van der Waals surface area contributed by atoms with Gasteiger partial charge >= 0.3 is 0 Å². The molecule has 2 aromatic carbocycles. The van der Waals surface area contributed by atoms with Gasteiger partial charge in [0, 0.05) is 29.2 Å². The van der Waals surface area contributed by atoms with Crippen molar-refractivity contribution in [2.45, 2.75) is 0 Å². The van der Waals surface area contributed by atoms with E-state index in [2.05, 4.69) is 10.5 Å². The number of carbonyl (C=O) groups excluding carboxylic acids is 1. The van der Waals surface area contributed by atoms with Crippen LogP contribution in [0, 0.1) is 5.82 Å². The molecule has 1 heterocycles. The summed E-state index contributed by atoms with van der Waals surface area (Å²) in [6.07, 6.45) is 5.13. The van der Waals surface area contributed by atoms with Gasteiger partial charge < -0.3 is 4.57 Å². The van der Waals surface area contributed by atoms with Crippen molar-refractivity contribution in [1.29, 1.82) is 0 Å². The van der Waals surface area contributed by atoms with Gasteiger partial charge in [-0.25, -0.2) is 9.82 Å². The Morgan fingerprint density at radius 1 is 1.00 bits per heavy atom. The first-order valence-electron chi connectivity index (χ1n) is 7.05. The van der Waals surface area contributed by atoms with E-state index < -0.39 is 0 Å². The molecule has 4 nitrogen and oxygen atoms in total. The smallest absolute Gasteiger partial charge is 0.271 e. The Hall–Kier alpha value is -3.21. The fraction of sp³-hybridized carbons (Fsp3) is 0. The van der Waals surface area contributed by atoms with Crippen LogP contribution in [0.25, 0.3) is 5.69 Å². The molecule has 1 amide bonds. The summed E-state index contributed by atoms with van der Waals surface area (Å²) in [5.74, 6) is -0.738. The molecule has 0 saturated carbocycles. The number of benzene rings is 2.